The second-order valence-corrected chi connectivity index (χ2v) is 3.33. The largest absolute Gasteiger partial charge is 0.361 e. The Balaban J connectivity index is 2.36. The maximum atomic E-state index is 3.26. The minimum absolute atomic E-state index is 1.15. The molecule has 2 nitrogen and oxygen atoms in total. The van der Waals surface area contributed by atoms with Gasteiger partial charge in [0.1, 0.15) is 0 Å². The molecule has 0 aliphatic heterocycles. The standard InChI is InChI=1S/C12H10N2/c1-3-9-6-8-14-12(9)10(4-1)11-5-2-7-13-11/h1-8,13-14H. The number of fused-ring (bicyclic) bond motifs is 1. The third-order valence-corrected chi connectivity index (χ3v) is 2.48. The summed E-state index contributed by atoms with van der Waals surface area (Å²) >= 11 is 0. The zero-order valence-electron chi connectivity index (χ0n) is 7.62. The topological polar surface area (TPSA) is 31.6 Å². The average molecular weight is 182 g/mol. The van der Waals surface area contributed by atoms with Crippen LogP contribution >= 0.6 is 0 Å². The molecule has 0 atom stereocenters. The molecule has 0 aliphatic rings. The fraction of sp³-hybridized carbons (Fsp3) is 0. The highest BCUT2D eigenvalue weighted by Crippen LogP contribution is 2.25. The quantitative estimate of drug-likeness (QED) is 0.579. The molecule has 0 radical (unpaired) electrons. The van der Waals surface area contributed by atoms with Gasteiger partial charge in [-0.1, -0.05) is 18.2 Å². The second-order valence-electron chi connectivity index (χ2n) is 3.33. The molecule has 14 heavy (non-hydrogen) atoms. The molecule has 3 rings (SSSR count). The number of rotatable bonds is 1. The molecule has 0 fully saturated rings. The molecule has 2 aromatic heterocycles. The van der Waals surface area contributed by atoms with E-state index in [9.17, 15) is 0 Å². The lowest BCUT2D eigenvalue weighted by Gasteiger charge is -1.99. The summed E-state index contributed by atoms with van der Waals surface area (Å²) in [5.74, 6) is 0. The van der Waals surface area contributed by atoms with Crippen LogP contribution in [-0.4, -0.2) is 9.97 Å². The van der Waals surface area contributed by atoms with E-state index in [1.54, 1.807) is 0 Å². The van der Waals surface area contributed by atoms with Crippen molar-refractivity contribution < 1.29 is 0 Å². The SMILES string of the molecule is c1c[nH]c(-c2cccc3cc[nH]c23)c1. The molecular formula is C12H10N2. The van der Waals surface area contributed by atoms with Gasteiger partial charge in [-0.3, -0.25) is 0 Å². The van der Waals surface area contributed by atoms with Gasteiger partial charge < -0.3 is 9.97 Å². The second kappa shape index (κ2) is 2.77. The summed E-state index contributed by atoms with van der Waals surface area (Å²) in [5, 5.41) is 1.25. The summed E-state index contributed by atoms with van der Waals surface area (Å²) in [6.45, 7) is 0. The normalized spacial score (nSPS) is 10.9. The van der Waals surface area contributed by atoms with Crippen LogP contribution < -0.4 is 0 Å². The van der Waals surface area contributed by atoms with Crippen LogP contribution in [0.1, 0.15) is 0 Å². The maximum Gasteiger partial charge on any atom is 0.0548 e. The molecule has 2 heterocycles. The van der Waals surface area contributed by atoms with Crippen LogP contribution in [0.4, 0.5) is 0 Å². The molecule has 2 heteroatoms. The minimum Gasteiger partial charge on any atom is -0.361 e. The van der Waals surface area contributed by atoms with Crippen molar-refractivity contribution in [3.63, 3.8) is 0 Å². The summed E-state index contributed by atoms with van der Waals surface area (Å²) in [4.78, 5) is 6.47. The van der Waals surface area contributed by atoms with Gasteiger partial charge in [-0.15, -0.1) is 0 Å². The van der Waals surface area contributed by atoms with Gasteiger partial charge in [-0.05, 0) is 18.2 Å². The van der Waals surface area contributed by atoms with Crippen molar-refractivity contribution in [2.45, 2.75) is 0 Å². The van der Waals surface area contributed by atoms with E-state index in [2.05, 4.69) is 40.3 Å². The van der Waals surface area contributed by atoms with Gasteiger partial charge in [-0.2, -0.15) is 0 Å². The number of benzene rings is 1. The first kappa shape index (κ1) is 7.44. The predicted molar refractivity (Wildman–Crippen MR) is 58.1 cm³/mol. The fourth-order valence-corrected chi connectivity index (χ4v) is 1.81. The van der Waals surface area contributed by atoms with Crippen molar-refractivity contribution in [1.82, 2.24) is 9.97 Å². The van der Waals surface area contributed by atoms with Gasteiger partial charge in [0.15, 0.2) is 0 Å². The van der Waals surface area contributed by atoms with E-state index < -0.39 is 0 Å². The zero-order chi connectivity index (χ0) is 9.38. The lowest BCUT2D eigenvalue weighted by atomic mass is 10.1. The fourth-order valence-electron chi connectivity index (χ4n) is 1.81. The van der Waals surface area contributed by atoms with E-state index in [0.717, 1.165) is 5.69 Å². The zero-order valence-corrected chi connectivity index (χ0v) is 7.62. The van der Waals surface area contributed by atoms with Crippen molar-refractivity contribution in [3.05, 3.63) is 48.8 Å². The monoisotopic (exact) mass is 182 g/mol. The summed E-state index contributed by atoms with van der Waals surface area (Å²) in [7, 11) is 0. The van der Waals surface area contributed by atoms with Crippen LogP contribution in [0.5, 0.6) is 0 Å². The highest BCUT2D eigenvalue weighted by molar-refractivity contribution is 5.93. The number of H-pyrrole nitrogens is 2. The first-order valence-electron chi connectivity index (χ1n) is 4.65. The summed E-state index contributed by atoms with van der Waals surface area (Å²) in [6.07, 6.45) is 3.91. The summed E-state index contributed by atoms with van der Waals surface area (Å²) in [5.41, 5.74) is 3.56. The summed E-state index contributed by atoms with van der Waals surface area (Å²) in [6, 6.07) is 12.5. The van der Waals surface area contributed by atoms with Crippen LogP contribution in [-0.2, 0) is 0 Å². The van der Waals surface area contributed by atoms with Crippen molar-refractivity contribution >= 4 is 10.9 Å². The number of hydrogen-bond donors (Lipinski definition) is 2. The molecule has 0 saturated heterocycles. The molecule has 2 N–H and O–H groups in total. The van der Waals surface area contributed by atoms with Gasteiger partial charge in [0.25, 0.3) is 0 Å². The minimum atomic E-state index is 1.15. The van der Waals surface area contributed by atoms with Crippen LogP contribution in [0.15, 0.2) is 48.8 Å². The van der Waals surface area contributed by atoms with Gasteiger partial charge in [0.2, 0.25) is 0 Å². The Kier molecular flexibility index (Phi) is 1.47. The lowest BCUT2D eigenvalue weighted by molar-refractivity contribution is 1.39. The van der Waals surface area contributed by atoms with E-state index in [-0.39, 0.29) is 0 Å². The molecule has 68 valence electrons. The number of aromatic amines is 2. The molecular weight excluding hydrogens is 172 g/mol. The number of aromatic nitrogens is 2. The molecule has 0 amide bonds. The Morgan fingerprint density at radius 1 is 0.786 bits per heavy atom. The first-order valence-corrected chi connectivity index (χ1v) is 4.65. The number of para-hydroxylation sites is 1. The van der Waals surface area contributed by atoms with Crippen LogP contribution in [0.2, 0.25) is 0 Å². The van der Waals surface area contributed by atoms with Gasteiger partial charge in [-0.25, -0.2) is 0 Å². The third-order valence-electron chi connectivity index (χ3n) is 2.48. The highest BCUT2D eigenvalue weighted by Gasteiger charge is 2.03. The Labute approximate surface area is 81.6 Å². The molecule has 0 aliphatic carbocycles. The van der Waals surface area contributed by atoms with E-state index in [1.165, 1.54) is 16.5 Å². The number of nitrogens with one attached hydrogen (secondary N) is 2. The van der Waals surface area contributed by atoms with E-state index >= 15 is 0 Å². The van der Waals surface area contributed by atoms with Crippen molar-refractivity contribution in [1.29, 1.82) is 0 Å². The van der Waals surface area contributed by atoms with Gasteiger partial charge in [0.05, 0.1) is 5.52 Å². The van der Waals surface area contributed by atoms with Crippen molar-refractivity contribution in [3.8, 4) is 11.3 Å². The highest BCUT2D eigenvalue weighted by atomic mass is 14.7. The predicted octanol–water partition coefficient (Wildman–Crippen LogP) is 3.16. The van der Waals surface area contributed by atoms with Crippen molar-refractivity contribution in [2.75, 3.05) is 0 Å². The Hall–Kier alpha value is -1.96. The molecule has 0 spiro atoms. The third kappa shape index (κ3) is 0.973. The average Bonchev–Trinajstić information content (AvgIpc) is 2.88. The smallest absolute Gasteiger partial charge is 0.0548 e. The van der Waals surface area contributed by atoms with E-state index in [4.69, 9.17) is 0 Å². The van der Waals surface area contributed by atoms with Crippen LogP contribution in [0, 0.1) is 0 Å². The Morgan fingerprint density at radius 3 is 2.64 bits per heavy atom. The van der Waals surface area contributed by atoms with Crippen molar-refractivity contribution in [2.24, 2.45) is 0 Å². The van der Waals surface area contributed by atoms with E-state index in [0.29, 0.717) is 0 Å². The van der Waals surface area contributed by atoms with Gasteiger partial charge in [0, 0.05) is 29.0 Å². The molecule has 0 bridgehead atoms. The molecule has 0 saturated carbocycles. The molecule has 3 aromatic rings. The lowest BCUT2D eigenvalue weighted by Crippen LogP contribution is -1.78. The summed E-state index contributed by atoms with van der Waals surface area (Å²) < 4.78 is 0. The Morgan fingerprint density at radius 2 is 1.79 bits per heavy atom. The molecule has 1 aromatic carbocycles. The first-order chi connectivity index (χ1) is 6.95. The Bertz CT molecular complexity index is 546. The maximum absolute atomic E-state index is 3.26. The van der Waals surface area contributed by atoms with Crippen LogP contribution in [0.25, 0.3) is 22.2 Å². The van der Waals surface area contributed by atoms with Gasteiger partial charge >= 0.3 is 0 Å². The van der Waals surface area contributed by atoms with E-state index in [1.807, 2.05) is 18.5 Å². The number of hydrogen-bond acceptors (Lipinski definition) is 0. The molecule has 0 unspecified atom stereocenters. The van der Waals surface area contributed by atoms with Crippen LogP contribution in [0.3, 0.4) is 0 Å².